The van der Waals surface area contributed by atoms with Gasteiger partial charge in [-0.3, -0.25) is 24.2 Å². The number of primary amides is 1. The molecule has 3 saturated heterocycles. The van der Waals surface area contributed by atoms with Gasteiger partial charge in [0.05, 0.1) is 47.7 Å². The van der Waals surface area contributed by atoms with E-state index in [2.05, 4.69) is 10.1 Å². The van der Waals surface area contributed by atoms with Crippen molar-refractivity contribution in [2.45, 2.75) is 31.3 Å². The van der Waals surface area contributed by atoms with E-state index in [0.717, 1.165) is 24.3 Å². The number of thiophene rings is 1. The Morgan fingerprint density at radius 1 is 1.29 bits per heavy atom. The number of hydrogen-bond donors (Lipinski definition) is 1. The van der Waals surface area contributed by atoms with Crippen molar-refractivity contribution in [1.82, 2.24) is 15.0 Å². The van der Waals surface area contributed by atoms with Crippen LogP contribution in [0.15, 0.2) is 22.7 Å². The van der Waals surface area contributed by atoms with Gasteiger partial charge in [0.1, 0.15) is 5.69 Å². The van der Waals surface area contributed by atoms with Crippen molar-refractivity contribution in [3.8, 4) is 10.6 Å². The summed E-state index contributed by atoms with van der Waals surface area (Å²) in [6.07, 6.45) is 2.51. The fourth-order valence-corrected chi connectivity index (χ4v) is 6.98. The van der Waals surface area contributed by atoms with Crippen LogP contribution in [-0.2, 0) is 14.4 Å². The van der Waals surface area contributed by atoms with Gasteiger partial charge in [-0.05, 0) is 31.5 Å². The van der Waals surface area contributed by atoms with E-state index in [1.165, 1.54) is 16.2 Å². The summed E-state index contributed by atoms with van der Waals surface area (Å²) >= 11 is 7.48. The van der Waals surface area contributed by atoms with Crippen molar-refractivity contribution in [2.75, 3.05) is 40.3 Å². The van der Waals surface area contributed by atoms with E-state index < -0.39 is 5.92 Å². The van der Waals surface area contributed by atoms with Gasteiger partial charge in [-0.2, -0.15) is 0 Å². The summed E-state index contributed by atoms with van der Waals surface area (Å²) in [6, 6.07) is 5.36. The smallest absolute Gasteiger partial charge is 0.272 e. The van der Waals surface area contributed by atoms with Gasteiger partial charge in [0.25, 0.3) is 5.91 Å². The molecular weight excluding hydrogens is 558 g/mol. The molecule has 2 aromatic heterocycles. The van der Waals surface area contributed by atoms with E-state index in [0.29, 0.717) is 39.8 Å². The van der Waals surface area contributed by atoms with E-state index >= 15 is 0 Å². The number of rotatable bonds is 8. The Morgan fingerprint density at radius 2 is 2.03 bits per heavy atom. The van der Waals surface area contributed by atoms with Gasteiger partial charge >= 0.3 is 0 Å². The number of carbonyl (C=O) groups excluding carboxylic acids is 3. The Morgan fingerprint density at radius 3 is 2.71 bits per heavy atom. The molecule has 0 bridgehead atoms. The Labute approximate surface area is 223 Å². The first-order valence-corrected chi connectivity index (χ1v) is 12.8. The predicted octanol–water partition coefficient (Wildman–Crippen LogP) is -0.867. The minimum atomic E-state index is -0.448. The van der Waals surface area contributed by atoms with Gasteiger partial charge in [-0.25, -0.2) is 0 Å². The van der Waals surface area contributed by atoms with Crippen LogP contribution in [0.25, 0.3) is 10.6 Å². The molecule has 4 atom stereocenters. The Kier molecular flexibility index (Phi) is 7.46. The predicted molar refractivity (Wildman–Crippen MR) is 127 cm³/mol. The third-order valence-electron chi connectivity index (χ3n) is 7.32. The highest BCUT2D eigenvalue weighted by atomic mass is 79.9. The molecule has 5 rings (SSSR count). The standard InChI is InChI=1S/C23H28ClN5O4S.BrH/c1-29(2,12-18(25)30)10-4-9-28-22(31)19-14-5-3-8-27(14)21(20(19)23(28)32)13-11-15(33-26-13)16-6-7-17(24)34-16;/h6-7,11,14,19-21H,3-5,8-10,12H2,1-2H3,(H-,25,30);1H/t14-,19-,20-,21-;/m0./s1. The number of aromatic nitrogens is 1. The molecule has 0 aliphatic carbocycles. The maximum absolute atomic E-state index is 13.6. The largest absolute Gasteiger partial charge is 1.00 e. The van der Waals surface area contributed by atoms with Gasteiger partial charge in [0, 0.05) is 25.1 Å². The zero-order valence-electron chi connectivity index (χ0n) is 19.7. The van der Waals surface area contributed by atoms with Gasteiger partial charge in [-0.1, -0.05) is 16.8 Å². The highest BCUT2D eigenvalue weighted by Gasteiger charge is 2.63. The average molecular weight is 587 g/mol. The van der Waals surface area contributed by atoms with Crippen LogP contribution in [0.1, 0.15) is 31.0 Å². The number of quaternary nitrogens is 1. The normalized spacial score (nSPS) is 26.2. The molecule has 12 heteroatoms. The summed E-state index contributed by atoms with van der Waals surface area (Å²) in [5.74, 6) is -0.745. The molecule has 3 aliphatic rings. The molecule has 5 heterocycles. The minimum Gasteiger partial charge on any atom is -1.00 e. The number of hydrogen-bond acceptors (Lipinski definition) is 7. The molecule has 0 saturated carbocycles. The van der Waals surface area contributed by atoms with Crippen LogP contribution in [0.4, 0.5) is 0 Å². The summed E-state index contributed by atoms with van der Waals surface area (Å²) in [5, 5.41) is 4.33. The number of halogens is 2. The van der Waals surface area contributed by atoms with E-state index in [-0.39, 0.29) is 59.2 Å². The number of amides is 3. The van der Waals surface area contributed by atoms with Crippen LogP contribution < -0.4 is 22.7 Å². The zero-order chi connectivity index (χ0) is 24.2. The van der Waals surface area contributed by atoms with E-state index in [4.69, 9.17) is 21.9 Å². The zero-order valence-corrected chi connectivity index (χ0v) is 22.8. The topological polar surface area (TPSA) is 110 Å². The lowest BCUT2D eigenvalue weighted by molar-refractivity contribution is -0.882. The fraction of sp³-hybridized carbons (Fsp3) is 0.565. The second-order valence-electron chi connectivity index (χ2n) is 10.1. The van der Waals surface area contributed by atoms with Crippen LogP contribution in [-0.4, -0.2) is 83.5 Å². The number of likely N-dealkylation sites (tertiary alicyclic amines) is 1. The van der Waals surface area contributed by atoms with Crippen LogP contribution in [0.5, 0.6) is 0 Å². The molecule has 0 spiro atoms. The number of nitrogens with zero attached hydrogens (tertiary/aromatic N) is 4. The summed E-state index contributed by atoms with van der Waals surface area (Å²) in [6.45, 7) is 2.05. The minimum absolute atomic E-state index is 0. The third-order valence-corrected chi connectivity index (χ3v) is 8.57. The maximum atomic E-state index is 13.6. The van der Waals surface area contributed by atoms with Crippen molar-refractivity contribution in [1.29, 1.82) is 0 Å². The molecule has 190 valence electrons. The third kappa shape index (κ3) is 4.81. The lowest BCUT2D eigenvalue weighted by Gasteiger charge is -2.30. The van der Waals surface area contributed by atoms with Crippen LogP contribution in [0.3, 0.4) is 0 Å². The maximum Gasteiger partial charge on any atom is 0.272 e. The molecule has 2 N–H and O–H groups in total. The fourth-order valence-electron chi connectivity index (χ4n) is 5.99. The molecule has 9 nitrogen and oxygen atoms in total. The molecule has 35 heavy (non-hydrogen) atoms. The molecule has 0 radical (unpaired) electrons. The van der Waals surface area contributed by atoms with Crippen molar-refractivity contribution < 1.29 is 40.4 Å². The van der Waals surface area contributed by atoms with Crippen LogP contribution in [0.2, 0.25) is 4.34 Å². The first-order valence-electron chi connectivity index (χ1n) is 11.6. The number of likely N-dealkylation sites (N-methyl/N-ethyl adjacent to an activating group) is 1. The number of carbonyl (C=O) groups is 3. The van der Waals surface area contributed by atoms with Gasteiger partial charge in [-0.15, -0.1) is 11.3 Å². The molecule has 0 aromatic carbocycles. The Bertz CT molecular complexity index is 1140. The Balaban J connectivity index is 0.00000289. The number of fused-ring (bicyclic) bond motifs is 3. The first-order chi connectivity index (χ1) is 16.2. The molecule has 3 amide bonds. The van der Waals surface area contributed by atoms with Gasteiger partial charge in [0.2, 0.25) is 11.8 Å². The summed E-state index contributed by atoms with van der Waals surface area (Å²) < 4.78 is 6.71. The van der Waals surface area contributed by atoms with E-state index in [1.807, 2.05) is 32.3 Å². The molecule has 3 aliphatic heterocycles. The monoisotopic (exact) mass is 585 g/mol. The lowest BCUT2D eigenvalue weighted by atomic mass is 9.86. The summed E-state index contributed by atoms with van der Waals surface area (Å²) in [5.41, 5.74) is 6.04. The Hall–Kier alpha value is -1.79. The lowest BCUT2D eigenvalue weighted by Crippen LogP contribution is -3.00. The van der Waals surface area contributed by atoms with Crippen LogP contribution in [0, 0.1) is 11.8 Å². The second-order valence-corrected chi connectivity index (χ2v) is 11.8. The highest BCUT2D eigenvalue weighted by molar-refractivity contribution is 7.19. The molecular formula is C23H29BrClN5O4S. The van der Waals surface area contributed by atoms with Gasteiger partial charge < -0.3 is 31.7 Å². The average Bonchev–Trinajstić information content (AvgIpc) is 3.53. The second kappa shape index (κ2) is 9.93. The summed E-state index contributed by atoms with van der Waals surface area (Å²) in [7, 11) is 3.84. The molecule has 3 fully saturated rings. The first kappa shape index (κ1) is 26.3. The van der Waals surface area contributed by atoms with Crippen molar-refractivity contribution in [3.05, 3.63) is 28.2 Å². The quantitative estimate of drug-likeness (QED) is 0.318. The SMILES string of the molecule is C[N+](C)(CCCN1C(=O)[C@@H]2[C@H](C1=O)[C@H](c1cc(-c3ccc(Cl)s3)on1)N1CCC[C@@H]21)CC(N)=O.[Br-]. The van der Waals surface area contributed by atoms with Crippen molar-refractivity contribution >= 4 is 40.7 Å². The van der Waals surface area contributed by atoms with Crippen molar-refractivity contribution in [2.24, 2.45) is 17.6 Å². The van der Waals surface area contributed by atoms with E-state index in [9.17, 15) is 14.4 Å². The molecule has 0 unspecified atom stereocenters. The van der Waals surface area contributed by atoms with Gasteiger partial charge in [0.15, 0.2) is 12.3 Å². The number of nitrogens with two attached hydrogens (primary N) is 1. The highest BCUT2D eigenvalue weighted by Crippen LogP contribution is 2.53. The van der Waals surface area contributed by atoms with Crippen molar-refractivity contribution in [3.63, 3.8) is 0 Å². The summed E-state index contributed by atoms with van der Waals surface area (Å²) in [4.78, 5) is 42.9. The van der Waals surface area contributed by atoms with Crippen LogP contribution >= 0.6 is 22.9 Å². The molecule has 2 aromatic rings. The van der Waals surface area contributed by atoms with E-state index in [1.54, 1.807) is 0 Å². The number of imide groups is 1.